The second kappa shape index (κ2) is 20.7. The first kappa shape index (κ1) is 25.4. The number of hydrogen-bond donors (Lipinski definition) is 1. The molecule has 3 nitrogen and oxygen atoms in total. The molecule has 0 amide bonds. The fourth-order valence-corrected chi connectivity index (χ4v) is 3.31. The zero-order valence-corrected chi connectivity index (χ0v) is 17.8. The zero-order chi connectivity index (χ0) is 19.3. The van der Waals surface area contributed by atoms with Gasteiger partial charge in [-0.05, 0) is 12.8 Å². The summed E-state index contributed by atoms with van der Waals surface area (Å²) in [6.07, 6.45) is 21.8. The molecule has 0 bridgehead atoms. The van der Waals surface area contributed by atoms with Gasteiger partial charge in [0, 0.05) is 0 Å². The first-order valence-electron chi connectivity index (χ1n) is 11.6. The van der Waals surface area contributed by atoms with Crippen LogP contribution in [-0.4, -0.2) is 23.8 Å². The van der Waals surface area contributed by atoms with Crippen molar-refractivity contribution in [1.29, 1.82) is 0 Å². The highest BCUT2D eigenvalue weighted by Crippen LogP contribution is 2.13. The molecule has 0 spiro atoms. The molecule has 0 rings (SSSR count). The van der Waals surface area contributed by atoms with Crippen molar-refractivity contribution in [3.05, 3.63) is 0 Å². The first-order valence-corrected chi connectivity index (χ1v) is 11.6. The van der Waals surface area contributed by atoms with Crippen LogP contribution in [0.15, 0.2) is 0 Å². The maximum absolute atomic E-state index is 11.4. The predicted molar refractivity (Wildman–Crippen MR) is 111 cm³/mol. The minimum absolute atomic E-state index is 0.451. The van der Waals surface area contributed by atoms with Crippen molar-refractivity contribution in [2.75, 3.05) is 6.61 Å². The summed E-state index contributed by atoms with van der Waals surface area (Å²) in [5.74, 6) is -0.451. The quantitative estimate of drug-likeness (QED) is 0.186. The summed E-state index contributed by atoms with van der Waals surface area (Å²) < 4.78 is 5.09. The number of carbonyl (C=O) groups is 1. The van der Waals surface area contributed by atoms with Crippen LogP contribution in [0.25, 0.3) is 0 Å². The van der Waals surface area contributed by atoms with Crippen molar-refractivity contribution < 1.29 is 14.6 Å². The summed E-state index contributed by atoms with van der Waals surface area (Å²) in [6.45, 7) is 4.68. The van der Waals surface area contributed by atoms with Crippen LogP contribution in [0, 0.1) is 0 Å². The van der Waals surface area contributed by atoms with E-state index in [-0.39, 0.29) is 0 Å². The molecule has 0 saturated carbocycles. The molecule has 0 aliphatic heterocycles. The topological polar surface area (TPSA) is 46.5 Å². The molecule has 0 aromatic carbocycles. The third-order valence-electron chi connectivity index (χ3n) is 5.08. The molecule has 1 N–H and O–H groups in total. The number of rotatable bonds is 20. The summed E-state index contributed by atoms with van der Waals surface area (Å²) in [4.78, 5) is 11.4. The molecule has 0 radical (unpaired) electrons. The Morgan fingerprint density at radius 1 is 0.654 bits per heavy atom. The highest BCUT2D eigenvalue weighted by Gasteiger charge is 2.14. The van der Waals surface area contributed by atoms with Crippen LogP contribution in [0.4, 0.5) is 0 Å². The molecule has 3 heteroatoms. The Labute approximate surface area is 163 Å². The lowest BCUT2D eigenvalue weighted by molar-refractivity contribution is -0.154. The molecule has 1 atom stereocenters. The van der Waals surface area contributed by atoms with Crippen molar-refractivity contribution in [1.82, 2.24) is 0 Å². The molecule has 0 aromatic heterocycles. The smallest absolute Gasteiger partial charge is 0.334 e. The third-order valence-corrected chi connectivity index (χ3v) is 5.08. The Kier molecular flexibility index (Phi) is 20.3. The molecule has 0 fully saturated rings. The molecule has 0 aliphatic rings. The Balaban J connectivity index is 3.12. The van der Waals surface area contributed by atoms with Gasteiger partial charge < -0.3 is 9.84 Å². The number of aliphatic hydroxyl groups is 1. The van der Waals surface area contributed by atoms with Crippen molar-refractivity contribution in [3.8, 4) is 0 Å². The van der Waals surface area contributed by atoms with Crippen molar-refractivity contribution >= 4 is 5.97 Å². The molecule has 1 unspecified atom stereocenters. The molecular weight excluding hydrogens is 324 g/mol. The van der Waals surface area contributed by atoms with E-state index in [2.05, 4.69) is 6.92 Å². The highest BCUT2D eigenvalue weighted by molar-refractivity contribution is 5.74. The van der Waals surface area contributed by atoms with Crippen molar-refractivity contribution in [2.45, 2.75) is 136 Å². The highest BCUT2D eigenvalue weighted by atomic mass is 16.5. The number of esters is 1. The number of hydrogen-bond acceptors (Lipinski definition) is 3. The summed E-state index contributed by atoms with van der Waals surface area (Å²) >= 11 is 0. The SMILES string of the molecule is CCCCCCCCCCCCCCCCCCOC(=O)C(O)CCC. The predicted octanol–water partition coefficient (Wildman–Crippen LogP) is 6.95. The molecule has 0 heterocycles. The van der Waals surface area contributed by atoms with E-state index in [1.807, 2.05) is 6.92 Å². The van der Waals surface area contributed by atoms with E-state index in [1.165, 1.54) is 89.9 Å². The fraction of sp³-hybridized carbons (Fsp3) is 0.957. The number of aliphatic hydroxyl groups excluding tert-OH is 1. The summed E-state index contributed by atoms with van der Waals surface area (Å²) in [5, 5.41) is 9.48. The third kappa shape index (κ3) is 18.2. The van der Waals surface area contributed by atoms with Gasteiger partial charge in [0.1, 0.15) is 0 Å². The molecule has 26 heavy (non-hydrogen) atoms. The Hall–Kier alpha value is -0.570. The van der Waals surface area contributed by atoms with Gasteiger partial charge in [-0.3, -0.25) is 0 Å². The van der Waals surface area contributed by atoms with Crippen LogP contribution in [0.1, 0.15) is 129 Å². The van der Waals surface area contributed by atoms with E-state index in [0.717, 1.165) is 19.3 Å². The standard InChI is InChI=1S/C23H46O3/c1-3-5-6-7-8-9-10-11-12-13-14-15-16-17-18-19-21-26-23(25)22(24)20-4-2/h22,24H,3-21H2,1-2H3. The number of ether oxygens (including phenoxy) is 1. The van der Waals surface area contributed by atoms with E-state index >= 15 is 0 Å². The Bertz CT molecular complexity index is 291. The average molecular weight is 371 g/mol. The first-order chi connectivity index (χ1) is 12.7. The summed E-state index contributed by atoms with van der Waals surface area (Å²) in [6, 6.07) is 0. The zero-order valence-electron chi connectivity index (χ0n) is 17.8. The van der Waals surface area contributed by atoms with Gasteiger partial charge >= 0.3 is 5.97 Å². The van der Waals surface area contributed by atoms with Gasteiger partial charge in [0.15, 0.2) is 6.10 Å². The number of carbonyl (C=O) groups excluding carboxylic acids is 1. The van der Waals surface area contributed by atoms with E-state index in [1.54, 1.807) is 0 Å². The fourth-order valence-electron chi connectivity index (χ4n) is 3.31. The lowest BCUT2D eigenvalue weighted by Gasteiger charge is -2.09. The monoisotopic (exact) mass is 370 g/mol. The lowest BCUT2D eigenvalue weighted by atomic mass is 10.0. The van der Waals surface area contributed by atoms with E-state index < -0.39 is 12.1 Å². The van der Waals surface area contributed by atoms with Gasteiger partial charge in [0.2, 0.25) is 0 Å². The van der Waals surface area contributed by atoms with Gasteiger partial charge in [0.25, 0.3) is 0 Å². The van der Waals surface area contributed by atoms with E-state index in [4.69, 9.17) is 4.74 Å². The Morgan fingerprint density at radius 2 is 1.04 bits per heavy atom. The van der Waals surface area contributed by atoms with Crippen LogP contribution in [0.2, 0.25) is 0 Å². The largest absolute Gasteiger partial charge is 0.464 e. The van der Waals surface area contributed by atoms with Gasteiger partial charge in [0.05, 0.1) is 6.61 Å². The van der Waals surface area contributed by atoms with Crippen molar-refractivity contribution in [3.63, 3.8) is 0 Å². The van der Waals surface area contributed by atoms with Gasteiger partial charge in [-0.15, -0.1) is 0 Å². The van der Waals surface area contributed by atoms with Crippen molar-refractivity contribution in [2.24, 2.45) is 0 Å². The summed E-state index contributed by atoms with van der Waals surface area (Å²) in [7, 11) is 0. The van der Waals surface area contributed by atoms with Crippen LogP contribution in [-0.2, 0) is 9.53 Å². The maximum Gasteiger partial charge on any atom is 0.334 e. The number of unbranched alkanes of at least 4 members (excludes halogenated alkanes) is 15. The lowest BCUT2D eigenvalue weighted by Crippen LogP contribution is -2.23. The van der Waals surface area contributed by atoms with Gasteiger partial charge in [-0.25, -0.2) is 4.79 Å². The molecule has 0 aliphatic carbocycles. The minimum Gasteiger partial charge on any atom is -0.464 e. The molecule has 0 aromatic rings. The van der Waals surface area contributed by atoms with E-state index in [0.29, 0.717) is 13.0 Å². The van der Waals surface area contributed by atoms with Crippen LogP contribution in [0.5, 0.6) is 0 Å². The van der Waals surface area contributed by atoms with Crippen LogP contribution < -0.4 is 0 Å². The molecular formula is C23H46O3. The molecule has 156 valence electrons. The summed E-state index contributed by atoms with van der Waals surface area (Å²) in [5.41, 5.74) is 0. The van der Waals surface area contributed by atoms with Gasteiger partial charge in [-0.2, -0.15) is 0 Å². The Morgan fingerprint density at radius 3 is 1.42 bits per heavy atom. The normalized spacial score (nSPS) is 12.3. The second-order valence-electron chi connectivity index (χ2n) is 7.78. The average Bonchev–Trinajstić information content (AvgIpc) is 2.64. The van der Waals surface area contributed by atoms with Crippen LogP contribution >= 0.6 is 0 Å². The van der Waals surface area contributed by atoms with Gasteiger partial charge in [-0.1, -0.05) is 117 Å². The maximum atomic E-state index is 11.4. The van der Waals surface area contributed by atoms with Crippen LogP contribution in [0.3, 0.4) is 0 Å². The second-order valence-corrected chi connectivity index (χ2v) is 7.78. The minimum atomic E-state index is -0.930. The molecule has 0 saturated heterocycles. The van der Waals surface area contributed by atoms with E-state index in [9.17, 15) is 9.90 Å².